The van der Waals surface area contributed by atoms with Crippen LogP contribution in [0.2, 0.25) is 0 Å². The van der Waals surface area contributed by atoms with Crippen LogP contribution in [0.4, 0.5) is 4.79 Å². The standard InChI is InChI=1S/C11H17NO2/c1-6-8-12(9-7-2)10(13)14-11(3,4)5/h1,7H,2,8-9H2,3-5H3. The van der Waals surface area contributed by atoms with E-state index in [-0.39, 0.29) is 6.54 Å². The molecule has 0 aromatic rings. The molecule has 0 aromatic heterocycles. The van der Waals surface area contributed by atoms with Gasteiger partial charge in [0.25, 0.3) is 0 Å². The van der Waals surface area contributed by atoms with E-state index in [1.165, 1.54) is 4.90 Å². The van der Waals surface area contributed by atoms with E-state index in [1.54, 1.807) is 6.08 Å². The Hall–Kier alpha value is -1.43. The summed E-state index contributed by atoms with van der Waals surface area (Å²) in [7, 11) is 0. The Morgan fingerprint density at radius 3 is 2.57 bits per heavy atom. The summed E-state index contributed by atoms with van der Waals surface area (Å²) < 4.78 is 5.15. The van der Waals surface area contributed by atoms with E-state index in [1.807, 2.05) is 20.8 Å². The summed E-state index contributed by atoms with van der Waals surface area (Å²) in [5, 5.41) is 0. The highest BCUT2D eigenvalue weighted by Crippen LogP contribution is 2.09. The van der Waals surface area contributed by atoms with Gasteiger partial charge in [-0.1, -0.05) is 12.0 Å². The van der Waals surface area contributed by atoms with Gasteiger partial charge in [-0.05, 0) is 20.8 Å². The summed E-state index contributed by atoms with van der Waals surface area (Å²) in [6.45, 7) is 9.62. The van der Waals surface area contributed by atoms with E-state index in [0.717, 1.165) is 0 Å². The molecule has 14 heavy (non-hydrogen) atoms. The number of carbonyl (C=O) groups is 1. The molecular weight excluding hydrogens is 178 g/mol. The van der Waals surface area contributed by atoms with Crippen molar-refractivity contribution in [2.45, 2.75) is 26.4 Å². The number of carbonyl (C=O) groups excluding carboxylic acids is 1. The van der Waals surface area contributed by atoms with Crippen LogP contribution in [0.25, 0.3) is 0 Å². The van der Waals surface area contributed by atoms with E-state index in [0.29, 0.717) is 6.54 Å². The first kappa shape index (κ1) is 12.6. The number of hydrogen-bond acceptors (Lipinski definition) is 2. The van der Waals surface area contributed by atoms with Crippen LogP contribution in [0.1, 0.15) is 20.8 Å². The zero-order valence-corrected chi connectivity index (χ0v) is 9.04. The van der Waals surface area contributed by atoms with Crippen LogP contribution in [0.15, 0.2) is 12.7 Å². The van der Waals surface area contributed by atoms with E-state index in [9.17, 15) is 4.79 Å². The van der Waals surface area contributed by atoms with Gasteiger partial charge in [0.1, 0.15) is 5.60 Å². The quantitative estimate of drug-likeness (QED) is 0.509. The first-order valence-electron chi connectivity index (χ1n) is 4.43. The smallest absolute Gasteiger partial charge is 0.411 e. The van der Waals surface area contributed by atoms with Crippen molar-refractivity contribution >= 4 is 6.09 Å². The molecule has 0 aliphatic carbocycles. The molecule has 1 amide bonds. The molecule has 0 heterocycles. The van der Waals surface area contributed by atoms with Crippen LogP contribution < -0.4 is 0 Å². The van der Waals surface area contributed by atoms with Crippen molar-refractivity contribution in [2.75, 3.05) is 13.1 Å². The van der Waals surface area contributed by atoms with E-state index in [2.05, 4.69) is 12.5 Å². The average Bonchev–Trinajstić information content (AvgIpc) is 2.01. The third-order valence-corrected chi connectivity index (χ3v) is 1.28. The number of hydrogen-bond donors (Lipinski definition) is 0. The summed E-state index contributed by atoms with van der Waals surface area (Å²) in [4.78, 5) is 12.9. The van der Waals surface area contributed by atoms with E-state index in [4.69, 9.17) is 11.2 Å². The van der Waals surface area contributed by atoms with Crippen LogP contribution in [0.5, 0.6) is 0 Å². The van der Waals surface area contributed by atoms with Crippen LogP contribution in [-0.2, 0) is 4.74 Å². The molecular formula is C11H17NO2. The minimum atomic E-state index is -0.495. The van der Waals surface area contributed by atoms with Gasteiger partial charge >= 0.3 is 6.09 Å². The van der Waals surface area contributed by atoms with E-state index < -0.39 is 11.7 Å². The molecule has 0 saturated carbocycles. The lowest BCUT2D eigenvalue weighted by Gasteiger charge is -2.25. The summed E-state index contributed by atoms with van der Waals surface area (Å²) >= 11 is 0. The Labute approximate surface area is 85.7 Å². The third kappa shape index (κ3) is 5.26. The van der Waals surface area contributed by atoms with Crippen LogP contribution in [0, 0.1) is 12.3 Å². The highest BCUT2D eigenvalue weighted by atomic mass is 16.6. The molecule has 0 fully saturated rings. The normalized spacial score (nSPS) is 10.1. The SMILES string of the molecule is C#CCN(CC=C)C(=O)OC(C)(C)C. The second-order valence-corrected chi connectivity index (χ2v) is 3.85. The second-order valence-electron chi connectivity index (χ2n) is 3.85. The first-order valence-corrected chi connectivity index (χ1v) is 4.43. The van der Waals surface area contributed by atoms with Gasteiger partial charge in [0.15, 0.2) is 0 Å². The van der Waals surface area contributed by atoms with Crippen molar-refractivity contribution in [3.8, 4) is 12.3 Å². The molecule has 0 aliphatic rings. The van der Waals surface area contributed by atoms with Crippen molar-refractivity contribution in [3.63, 3.8) is 0 Å². The van der Waals surface area contributed by atoms with Gasteiger partial charge < -0.3 is 4.74 Å². The Morgan fingerprint density at radius 1 is 1.64 bits per heavy atom. The molecule has 0 unspecified atom stereocenters. The van der Waals surface area contributed by atoms with Crippen molar-refractivity contribution in [2.24, 2.45) is 0 Å². The van der Waals surface area contributed by atoms with Gasteiger partial charge in [-0.15, -0.1) is 13.0 Å². The molecule has 3 nitrogen and oxygen atoms in total. The molecule has 3 heteroatoms. The van der Waals surface area contributed by atoms with Gasteiger partial charge in [-0.3, -0.25) is 4.90 Å². The molecule has 0 aliphatic heterocycles. The number of amides is 1. The number of ether oxygens (including phenoxy) is 1. The fourth-order valence-electron chi connectivity index (χ4n) is 0.796. The lowest BCUT2D eigenvalue weighted by Crippen LogP contribution is -2.37. The maximum Gasteiger partial charge on any atom is 0.411 e. The second kappa shape index (κ2) is 5.33. The lowest BCUT2D eigenvalue weighted by atomic mass is 10.2. The maximum absolute atomic E-state index is 11.5. The molecule has 0 radical (unpaired) electrons. The molecule has 0 N–H and O–H groups in total. The minimum absolute atomic E-state index is 0.237. The zero-order valence-electron chi connectivity index (χ0n) is 9.04. The number of nitrogens with zero attached hydrogens (tertiary/aromatic N) is 1. The third-order valence-electron chi connectivity index (χ3n) is 1.28. The van der Waals surface area contributed by atoms with Gasteiger partial charge in [-0.25, -0.2) is 4.79 Å². The molecule has 0 aromatic carbocycles. The number of rotatable bonds is 3. The Bertz CT molecular complexity index is 245. The lowest BCUT2D eigenvalue weighted by molar-refractivity contribution is 0.0296. The Morgan fingerprint density at radius 2 is 2.21 bits per heavy atom. The van der Waals surface area contributed by atoms with Gasteiger partial charge in [0.2, 0.25) is 0 Å². The highest BCUT2D eigenvalue weighted by Gasteiger charge is 2.20. The molecule has 0 spiro atoms. The minimum Gasteiger partial charge on any atom is -0.444 e. The maximum atomic E-state index is 11.5. The van der Waals surface area contributed by atoms with Gasteiger partial charge in [0.05, 0.1) is 6.54 Å². The largest absolute Gasteiger partial charge is 0.444 e. The fourth-order valence-corrected chi connectivity index (χ4v) is 0.796. The van der Waals surface area contributed by atoms with Crippen molar-refractivity contribution in [1.82, 2.24) is 4.90 Å². The van der Waals surface area contributed by atoms with E-state index >= 15 is 0 Å². The molecule has 78 valence electrons. The Kier molecular flexibility index (Phi) is 4.79. The predicted octanol–water partition coefficient (Wildman–Crippen LogP) is 2.04. The van der Waals surface area contributed by atoms with Crippen LogP contribution in [-0.4, -0.2) is 29.7 Å². The van der Waals surface area contributed by atoms with Crippen molar-refractivity contribution in [1.29, 1.82) is 0 Å². The molecule has 0 atom stereocenters. The van der Waals surface area contributed by atoms with Crippen molar-refractivity contribution in [3.05, 3.63) is 12.7 Å². The van der Waals surface area contributed by atoms with Crippen LogP contribution >= 0.6 is 0 Å². The molecule has 0 bridgehead atoms. The summed E-state index contributed by atoms with van der Waals surface area (Å²) in [5.41, 5.74) is -0.495. The molecule has 0 rings (SSSR count). The monoisotopic (exact) mass is 195 g/mol. The summed E-state index contributed by atoms with van der Waals surface area (Å²) in [6, 6.07) is 0. The van der Waals surface area contributed by atoms with Gasteiger partial charge in [0, 0.05) is 6.54 Å². The zero-order chi connectivity index (χ0) is 11.2. The van der Waals surface area contributed by atoms with Gasteiger partial charge in [-0.2, -0.15) is 0 Å². The Balaban J connectivity index is 4.30. The predicted molar refractivity (Wildman–Crippen MR) is 56.8 cm³/mol. The topological polar surface area (TPSA) is 29.5 Å². The summed E-state index contributed by atoms with van der Waals surface area (Å²) in [5.74, 6) is 2.40. The number of terminal acetylenes is 1. The first-order chi connectivity index (χ1) is 6.40. The van der Waals surface area contributed by atoms with Crippen molar-refractivity contribution < 1.29 is 9.53 Å². The average molecular weight is 195 g/mol. The fraction of sp³-hybridized carbons (Fsp3) is 0.545. The summed E-state index contributed by atoms with van der Waals surface area (Å²) in [6.07, 6.45) is 6.33. The highest BCUT2D eigenvalue weighted by molar-refractivity contribution is 5.68. The molecule has 0 saturated heterocycles. The van der Waals surface area contributed by atoms with Crippen LogP contribution in [0.3, 0.4) is 0 Å².